The number of rotatable bonds is 1. The van der Waals surface area contributed by atoms with Crippen molar-refractivity contribution in [3.8, 4) is 11.4 Å². The van der Waals surface area contributed by atoms with Gasteiger partial charge in [-0.05, 0) is 39.0 Å². The van der Waals surface area contributed by atoms with E-state index in [-0.39, 0.29) is 6.09 Å². The molecular weight excluding hydrogens is 280 g/mol. The first-order valence-corrected chi connectivity index (χ1v) is 7.38. The van der Waals surface area contributed by atoms with Crippen LogP contribution < -0.4 is 0 Å². The molecule has 0 N–H and O–H groups in total. The summed E-state index contributed by atoms with van der Waals surface area (Å²) in [6.45, 7) is 7.40. The van der Waals surface area contributed by atoms with Crippen LogP contribution in [0.5, 0.6) is 0 Å². The average Bonchev–Trinajstić information content (AvgIpc) is 2.89. The molecule has 0 saturated heterocycles. The zero-order valence-corrected chi connectivity index (χ0v) is 13.1. The lowest BCUT2D eigenvalue weighted by Gasteiger charge is -2.30. The number of amides is 1. The van der Waals surface area contributed by atoms with Crippen LogP contribution in [-0.2, 0) is 17.8 Å². The van der Waals surface area contributed by atoms with Crippen molar-refractivity contribution in [3.63, 3.8) is 0 Å². The molecule has 0 fully saturated rings. The Morgan fingerprint density at radius 2 is 2.05 bits per heavy atom. The Labute approximate surface area is 129 Å². The molecule has 0 unspecified atom stereocenters. The average molecular weight is 300 g/mol. The maximum Gasteiger partial charge on any atom is 0.410 e. The van der Waals surface area contributed by atoms with Gasteiger partial charge in [-0.1, -0.05) is 6.07 Å². The number of fused-ring (bicyclic) bond motifs is 1. The molecule has 0 aliphatic carbocycles. The van der Waals surface area contributed by atoms with E-state index in [1.807, 2.05) is 49.7 Å². The molecule has 3 rings (SSSR count). The Hall–Kier alpha value is -2.37. The molecule has 0 bridgehead atoms. The van der Waals surface area contributed by atoms with Crippen LogP contribution in [0.4, 0.5) is 4.79 Å². The maximum absolute atomic E-state index is 12.2. The van der Waals surface area contributed by atoms with E-state index in [9.17, 15) is 4.79 Å². The topological polar surface area (TPSA) is 60.2 Å². The summed E-state index contributed by atoms with van der Waals surface area (Å²) in [4.78, 5) is 18.2. The van der Waals surface area contributed by atoms with Crippen molar-refractivity contribution in [1.82, 2.24) is 19.7 Å². The van der Waals surface area contributed by atoms with Crippen LogP contribution in [0.3, 0.4) is 0 Å². The Bertz CT molecular complexity index is 673. The fourth-order valence-corrected chi connectivity index (χ4v) is 2.39. The highest BCUT2D eigenvalue weighted by Crippen LogP contribution is 2.21. The number of hydrogen-bond donors (Lipinski definition) is 0. The standard InChI is InChI=1S/C16H20N4O2/c1-16(2,3)22-15(21)19-8-9-20-12(11-19)10-14(18-20)13-6-4-5-7-17-13/h4-7,10H,8-9,11H2,1-3H3. The van der Waals surface area contributed by atoms with Crippen molar-refractivity contribution in [2.75, 3.05) is 6.54 Å². The molecule has 2 aromatic rings. The van der Waals surface area contributed by atoms with E-state index in [0.717, 1.165) is 17.1 Å². The first-order chi connectivity index (χ1) is 10.4. The number of pyridine rings is 1. The molecule has 1 aliphatic rings. The normalized spacial score (nSPS) is 14.6. The summed E-state index contributed by atoms with van der Waals surface area (Å²) in [5.74, 6) is 0. The van der Waals surface area contributed by atoms with Crippen molar-refractivity contribution in [2.24, 2.45) is 0 Å². The summed E-state index contributed by atoms with van der Waals surface area (Å²) >= 11 is 0. The number of carbonyl (C=O) groups excluding carboxylic acids is 1. The lowest BCUT2D eigenvalue weighted by Crippen LogP contribution is -2.41. The lowest BCUT2D eigenvalue weighted by atomic mass is 10.2. The fraction of sp³-hybridized carbons (Fsp3) is 0.438. The minimum Gasteiger partial charge on any atom is -0.444 e. The minimum atomic E-state index is -0.478. The van der Waals surface area contributed by atoms with Crippen molar-refractivity contribution in [2.45, 2.75) is 39.5 Å². The van der Waals surface area contributed by atoms with E-state index in [2.05, 4.69) is 10.1 Å². The third kappa shape index (κ3) is 3.10. The van der Waals surface area contributed by atoms with Gasteiger partial charge in [0.1, 0.15) is 11.3 Å². The number of aromatic nitrogens is 3. The number of hydrogen-bond acceptors (Lipinski definition) is 4. The molecule has 3 heterocycles. The van der Waals surface area contributed by atoms with E-state index in [0.29, 0.717) is 19.6 Å². The van der Waals surface area contributed by atoms with E-state index >= 15 is 0 Å². The third-order valence-electron chi connectivity index (χ3n) is 3.38. The van der Waals surface area contributed by atoms with Crippen LogP contribution in [0, 0.1) is 0 Å². The zero-order chi connectivity index (χ0) is 15.7. The highest BCUT2D eigenvalue weighted by atomic mass is 16.6. The monoisotopic (exact) mass is 300 g/mol. The molecule has 0 aromatic carbocycles. The smallest absolute Gasteiger partial charge is 0.410 e. The second-order valence-electron chi connectivity index (χ2n) is 6.36. The molecule has 0 atom stereocenters. The van der Waals surface area contributed by atoms with E-state index < -0.39 is 5.60 Å². The van der Waals surface area contributed by atoms with Crippen molar-refractivity contribution in [1.29, 1.82) is 0 Å². The van der Waals surface area contributed by atoms with Crippen LogP contribution in [0.1, 0.15) is 26.5 Å². The molecule has 2 aromatic heterocycles. The Balaban J connectivity index is 1.77. The predicted octanol–water partition coefficient (Wildman–Crippen LogP) is 2.70. The lowest BCUT2D eigenvalue weighted by molar-refractivity contribution is 0.0194. The van der Waals surface area contributed by atoms with Gasteiger partial charge in [0.15, 0.2) is 0 Å². The summed E-state index contributed by atoms with van der Waals surface area (Å²) in [6, 6.07) is 7.73. The van der Waals surface area contributed by atoms with E-state index in [4.69, 9.17) is 4.74 Å². The van der Waals surface area contributed by atoms with Crippen LogP contribution in [0.2, 0.25) is 0 Å². The zero-order valence-electron chi connectivity index (χ0n) is 13.1. The molecular formula is C16H20N4O2. The molecule has 116 valence electrons. The Morgan fingerprint density at radius 3 is 2.73 bits per heavy atom. The summed E-state index contributed by atoms with van der Waals surface area (Å²) in [6.07, 6.45) is 1.47. The molecule has 6 nitrogen and oxygen atoms in total. The van der Waals surface area contributed by atoms with Crippen LogP contribution in [0.25, 0.3) is 11.4 Å². The third-order valence-corrected chi connectivity index (χ3v) is 3.38. The number of ether oxygens (including phenoxy) is 1. The van der Waals surface area contributed by atoms with Gasteiger partial charge in [-0.3, -0.25) is 9.67 Å². The number of nitrogens with zero attached hydrogens (tertiary/aromatic N) is 4. The first-order valence-electron chi connectivity index (χ1n) is 7.38. The van der Waals surface area contributed by atoms with Gasteiger partial charge < -0.3 is 9.64 Å². The molecule has 0 radical (unpaired) electrons. The molecule has 1 aliphatic heterocycles. The molecule has 6 heteroatoms. The van der Waals surface area contributed by atoms with Gasteiger partial charge in [0.25, 0.3) is 0 Å². The second kappa shape index (κ2) is 5.44. The SMILES string of the molecule is CC(C)(C)OC(=O)N1CCn2nc(-c3ccccn3)cc2C1. The van der Waals surface area contributed by atoms with Crippen LogP contribution >= 0.6 is 0 Å². The largest absolute Gasteiger partial charge is 0.444 e. The van der Waals surface area contributed by atoms with Gasteiger partial charge in [0.05, 0.1) is 24.5 Å². The summed E-state index contributed by atoms with van der Waals surface area (Å²) < 4.78 is 7.36. The van der Waals surface area contributed by atoms with Gasteiger partial charge in [0, 0.05) is 12.7 Å². The van der Waals surface area contributed by atoms with Crippen molar-refractivity contribution in [3.05, 3.63) is 36.2 Å². The highest BCUT2D eigenvalue weighted by molar-refractivity contribution is 5.68. The molecule has 22 heavy (non-hydrogen) atoms. The Morgan fingerprint density at radius 1 is 1.23 bits per heavy atom. The van der Waals surface area contributed by atoms with E-state index in [1.165, 1.54) is 0 Å². The van der Waals surface area contributed by atoms with Gasteiger partial charge >= 0.3 is 6.09 Å². The number of carbonyl (C=O) groups is 1. The summed E-state index contributed by atoms with van der Waals surface area (Å²) in [5, 5.41) is 4.56. The van der Waals surface area contributed by atoms with Crippen molar-refractivity contribution < 1.29 is 9.53 Å². The first kappa shape index (κ1) is 14.6. The Kier molecular flexibility index (Phi) is 3.60. The van der Waals surface area contributed by atoms with Crippen LogP contribution in [0.15, 0.2) is 30.5 Å². The van der Waals surface area contributed by atoms with Gasteiger partial charge in [-0.25, -0.2) is 4.79 Å². The quantitative estimate of drug-likeness (QED) is 0.812. The second-order valence-corrected chi connectivity index (χ2v) is 6.36. The van der Waals surface area contributed by atoms with Gasteiger partial charge in [0.2, 0.25) is 0 Å². The summed E-state index contributed by atoms with van der Waals surface area (Å²) in [7, 11) is 0. The highest BCUT2D eigenvalue weighted by Gasteiger charge is 2.26. The minimum absolute atomic E-state index is 0.278. The van der Waals surface area contributed by atoms with E-state index in [1.54, 1.807) is 11.1 Å². The van der Waals surface area contributed by atoms with Gasteiger partial charge in [-0.15, -0.1) is 0 Å². The van der Waals surface area contributed by atoms with Crippen molar-refractivity contribution >= 4 is 6.09 Å². The fourth-order valence-electron chi connectivity index (χ4n) is 2.39. The predicted molar refractivity (Wildman–Crippen MR) is 82.1 cm³/mol. The maximum atomic E-state index is 12.2. The van der Waals surface area contributed by atoms with Gasteiger partial charge in [-0.2, -0.15) is 5.10 Å². The summed E-state index contributed by atoms with van der Waals surface area (Å²) in [5.41, 5.74) is 2.20. The molecule has 0 spiro atoms. The molecule has 0 saturated carbocycles. The molecule has 1 amide bonds. The van der Waals surface area contributed by atoms with Crippen LogP contribution in [-0.4, -0.2) is 37.9 Å².